The van der Waals surface area contributed by atoms with Gasteiger partial charge in [0.25, 0.3) is 5.91 Å². The van der Waals surface area contributed by atoms with Gasteiger partial charge in [0, 0.05) is 31.7 Å². The Morgan fingerprint density at radius 3 is 2.56 bits per heavy atom. The van der Waals surface area contributed by atoms with Crippen LogP contribution in [0.15, 0.2) is 30.5 Å². The summed E-state index contributed by atoms with van der Waals surface area (Å²) in [5.74, 6) is 0.214. The average molecular weight is 479 g/mol. The van der Waals surface area contributed by atoms with Crippen LogP contribution in [0.1, 0.15) is 16.1 Å². The summed E-state index contributed by atoms with van der Waals surface area (Å²) in [7, 11) is 2.88. The quantitative estimate of drug-likeness (QED) is 0.557. The molecule has 0 saturated carbocycles. The van der Waals surface area contributed by atoms with Crippen molar-refractivity contribution >= 4 is 11.6 Å². The second-order valence-electron chi connectivity index (χ2n) is 7.60. The van der Waals surface area contributed by atoms with Crippen LogP contribution in [0.5, 0.6) is 11.5 Å². The fraction of sp³-hybridized carbons (Fsp3) is 0.409. The number of rotatable bonds is 7. The molecule has 0 aliphatic carbocycles. The highest BCUT2D eigenvalue weighted by atomic mass is 19.4. The van der Waals surface area contributed by atoms with E-state index in [1.54, 1.807) is 12.1 Å². The lowest BCUT2D eigenvalue weighted by Crippen LogP contribution is -2.41. The van der Waals surface area contributed by atoms with Crippen molar-refractivity contribution in [1.82, 2.24) is 24.8 Å². The highest BCUT2D eigenvalue weighted by Crippen LogP contribution is 2.35. The molecule has 2 aromatic heterocycles. The first-order valence-corrected chi connectivity index (χ1v) is 10.6. The number of fused-ring (bicyclic) bond motifs is 1. The van der Waals surface area contributed by atoms with Crippen LogP contribution in [0, 0.1) is 0 Å². The molecule has 1 saturated heterocycles. The number of nitrogens with one attached hydrogen (secondary N) is 1. The number of halogens is 3. The lowest BCUT2D eigenvalue weighted by molar-refractivity contribution is -0.142. The SMILES string of the molecule is COc1ccc(-c2cc(C(F)(F)F)n3ncc(C(=O)NCCN4CCOCC4)c3n2)cc1OC. The van der Waals surface area contributed by atoms with Crippen LogP contribution in [0.2, 0.25) is 0 Å². The molecule has 0 spiro atoms. The molecule has 34 heavy (non-hydrogen) atoms. The highest BCUT2D eigenvalue weighted by molar-refractivity contribution is 5.99. The molecule has 1 N–H and O–H groups in total. The zero-order valence-corrected chi connectivity index (χ0v) is 18.7. The molecule has 0 radical (unpaired) electrons. The number of alkyl halides is 3. The molecule has 0 unspecified atom stereocenters. The minimum Gasteiger partial charge on any atom is -0.493 e. The number of carbonyl (C=O) groups excluding carboxylic acids is 1. The smallest absolute Gasteiger partial charge is 0.433 e. The number of carbonyl (C=O) groups is 1. The van der Waals surface area contributed by atoms with Crippen LogP contribution in [0.25, 0.3) is 16.9 Å². The molecule has 9 nitrogen and oxygen atoms in total. The highest BCUT2D eigenvalue weighted by Gasteiger charge is 2.36. The van der Waals surface area contributed by atoms with Gasteiger partial charge in [0.05, 0.1) is 39.3 Å². The van der Waals surface area contributed by atoms with Crippen molar-refractivity contribution in [1.29, 1.82) is 0 Å². The number of ether oxygens (including phenoxy) is 3. The van der Waals surface area contributed by atoms with Gasteiger partial charge in [-0.2, -0.15) is 18.3 Å². The van der Waals surface area contributed by atoms with Gasteiger partial charge in [0.2, 0.25) is 0 Å². The van der Waals surface area contributed by atoms with Crippen molar-refractivity contribution in [2.75, 3.05) is 53.6 Å². The van der Waals surface area contributed by atoms with Crippen molar-refractivity contribution in [2.24, 2.45) is 0 Å². The predicted molar refractivity (Wildman–Crippen MR) is 116 cm³/mol. The summed E-state index contributed by atoms with van der Waals surface area (Å²) in [6.45, 7) is 3.72. The lowest BCUT2D eigenvalue weighted by atomic mass is 10.1. The minimum atomic E-state index is -4.72. The van der Waals surface area contributed by atoms with E-state index in [1.165, 1.54) is 20.3 Å². The van der Waals surface area contributed by atoms with Crippen LogP contribution in [-0.4, -0.2) is 79.0 Å². The number of methoxy groups -OCH3 is 2. The summed E-state index contributed by atoms with van der Waals surface area (Å²) in [5, 5.41) is 6.54. The Labute approximate surface area is 193 Å². The number of hydrogen-bond donors (Lipinski definition) is 1. The van der Waals surface area contributed by atoms with Crippen LogP contribution < -0.4 is 14.8 Å². The molecule has 0 atom stereocenters. The second-order valence-corrected chi connectivity index (χ2v) is 7.60. The molecule has 182 valence electrons. The monoisotopic (exact) mass is 479 g/mol. The summed E-state index contributed by atoms with van der Waals surface area (Å²) in [6, 6.07) is 5.55. The number of benzene rings is 1. The van der Waals surface area contributed by atoms with Crippen molar-refractivity contribution in [3.05, 3.63) is 41.7 Å². The standard InChI is InChI=1S/C22H24F3N5O4/c1-32-17-4-3-14(11-18(17)33-2)16-12-19(22(23,24)25)30-20(28-16)15(13-27-30)21(31)26-5-6-29-7-9-34-10-8-29/h3-4,11-13H,5-10H2,1-2H3,(H,26,31). The molecule has 3 heterocycles. The Hall–Kier alpha value is -3.38. The van der Waals surface area contributed by atoms with Crippen LogP contribution in [0.4, 0.5) is 13.2 Å². The first-order valence-electron chi connectivity index (χ1n) is 10.6. The third-order valence-corrected chi connectivity index (χ3v) is 5.50. The normalized spacial score (nSPS) is 14.9. The van der Waals surface area contributed by atoms with Gasteiger partial charge >= 0.3 is 6.18 Å². The van der Waals surface area contributed by atoms with Crippen LogP contribution in [-0.2, 0) is 10.9 Å². The Balaban J connectivity index is 1.67. The van der Waals surface area contributed by atoms with Crippen LogP contribution >= 0.6 is 0 Å². The van der Waals surface area contributed by atoms with E-state index in [0.29, 0.717) is 47.9 Å². The number of hydrogen-bond acceptors (Lipinski definition) is 7. The maximum absolute atomic E-state index is 13.8. The largest absolute Gasteiger partial charge is 0.493 e. The van der Waals surface area contributed by atoms with Gasteiger partial charge < -0.3 is 19.5 Å². The molecule has 1 aliphatic heterocycles. The minimum absolute atomic E-state index is 0.0173. The third-order valence-electron chi connectivity index (χ3n) is 5.50. The Kier molecular flexibility index (Phi) is 6.89. The van der Waals surface area contributed by atoms with E-state index in [9.17, 15) is 18.0 Å². The Bertz CT molecular complexity index is 1180. The average Bonchev–Trinajstić information content (AvgIpc) is 3.27. The van der Waals surface area contributed by atoms with Crippen molar-refractivity contribution in [3.8, 4) is 22.8 Å². The molecular formula is C22H24F3N5O4. The predicted octanol–water partition coefficient (Wildman–Crippen LogP) is 2.49. The zero-order chi connectivity index (χ0) is 24.3. The van der Waals surface area contributed by atoms with E-state index >= 15 is 0 Å². The number of amides is 1. The Morgan fingerprint density at radius 1 is 1.15 bits per heavy atom. The first kappa shape index (κ1) is 23.8. The molecule has 1 aliphatic rings. The molecule has 1 aromatic carbocycles. The summed E-state index contributed by atoms with van der Waals surface area (Å²) in [5.41, 5.74) is -0.901. The molecular weight excluding hydrogens is 455 g/mol. The molecule has 12 heteroatoms. The molecule has 4 rings (SSSR count). The maximum atomic E-state index is 13.8. The topological polar surface area (TPSA) is 90.2 Å². The lowest BCUT2D eigenvalue weighted by Gasteiger charge is -2.26. The van der Waals surface area contributed by atoms with Crippen molar-refractivity contribution in [2.45, 2.75) is 6.18 Å². The van der Waals surface area contributed by atoms with Crippen LogP contribution in [0.3, 0.4) is 0 Å². The number of morpholine rings is 1. The molecule has 3 aromatic rings. The third kappa shape index (κ3) is 4.92. The first-order chi connectivity index (χ1) is 16.3. The fourth-order valence-electron chi connectivity index (χ4n) is 3.72. The van der Waals surface area contributed by atoms with E-state index in [2.05, 4.69) is 20.3 Å². The van der Waals surface area contributed by atoms with Gasteiger partial charge in [-0.1, -0.05) is 0 Å². The summed E-state index contributed by atoms with van der Waals surface area (Å²) in [4.78, 5) is 19.3. The molecule has 1 fully saturated rings. The number of nitrogens with zero attached hydrogens (tertiary/aromatic N) is 4. The van der Waals surface area contributed by atoms with E-state index in [4.69, 9.17) is 14.2 Å². The van der Waals surface area contributed by atoms with Crippen molar-refractivity contribution in [3.63, 3.8) is 0 Å². The van der Waals surface area contributed by atoms with Gasteiger partial charge in [0.1, 0.15) is 5.56 Å². The fourth-order valence-corrected chi connectivity index (χ4v) is 3.72. The van der Waals surface area contributed by atoms with E-state index in [0.717, 1.165) is 25.4 Å². The van der Waals surface area contributed by atoms with E-state index in [1.807, 2.05) is 0 Å². The van der Waals surface area contributed by atoms with E-state index < -0.39 is 17.8 Å². The summed E-state index contributed by atoms with van der Waals surface area (Å²) < 4.78 is 57.9. The zero-order valence-electron chi connectivity index (χ0n) is 18.7. The summed E-state index contributed by atoms with van der Waals surface area (Å²) >= 11 is 0. The van der Waals surface area contributed by atoms with Gasteiger partial charge in [-0.25, -0.2) is 9.50 Å². The molecule has 1 amide bonds. The van der Waals surface area contributed by atoms with Gasteiger partial charge in [-0.15, -0.1) is 0 Å². The second kappa shape index (κ2) is 9.85. The Morgan fingerprint density at radius 2 is 1.88 bits per heavy atom. The maximum Gasteiger partial charge on any atom is 0.433 e. The van der Waals surface area contributed by atoms with Crippen molar-refractivity contribution < 1.29 is 32.2 Å². The van der Waals surface area contributed by atoms with E-state index in [-0.39, 0.29) is 16.9 Å². The molecule has 0 bridgehead atoms. The van der Waals surface area contributed by atoms with Gasteiger partial charge in [-0.3, -0.25) is 9.69 Å². The number of aromatic nitrogens is 3. The van der Waals surface area contributed by atoms with Gasteiger partial charge in [-0.05, 0) is 24.3 Å². The summed E-state index contributed by atoms with van der Waals surface area (Å²) in [6.07, 6.45) is -3.62. The van der Waals surface area contributed by atoms with Gasteiger partial charge in [0.15, 0.2) is 22.8 Å².